The van der Waals surface area contributed by atoms with Gasteiger partial charge < -0.3 is 20.1 Å². The molecule has 1 saturated heterocycles. The van der Waals surface area contributed by atoms with Crippen molar-refractivity contribution in [1.82, 2.24) is 5.32 Å². The maximum atomic E-state index is 14.1. The van der Waals surface area contributed by atoms with Crippen molar-refractivity contribution in [3.8, 4) is 11.1 Å². The molecule has 40 heavy (non-hydrogen) atoms. The predicted octanol–water partition coefficient (Wildman–Crippen LogP) is 6.81. The maximum Gasteiger partial charge on any atom is 0.416 e. The van der Waals surface area contributed by atoms with Gasteiger partial charge in [0.2, 0.25) is 5.91 Å². The Bertz CT molecular complexity index is 1500. The molecule has 1 fully saturated rings. The van der Waals surface area contributed by atoms with Crippen molar-refractivity contribution in [2.24, 2.45) is 0 Å². The SMILES string of the molecule is CC(C)c1cc(-c2ccccc2P(C)(C)=O)ccc1N1CC[C@@H](NC(=O)Nc2ccc(C(F)(F)F)cc2F)C1=O. The standard InChI is InChI=1S/C29H30F4N3O3P/c1-17(2)21-15-18(20-7-5-6-8-26(20)40(3,4)39)9-12-25(21)36-14-13-24(27(36)37)35-28(38)34-23-11-10-19(16-22(23)30)29(31,32)33/h5-12,15-17,24H,13-14H2,1-4H3,(H2,34,35,38)/t24-/m1/s1. The number of alkyl halides is 3. The maximum absolute atomic E-state index is 14.1. The number of rotatable bonds is 6. The smallest absolute Gasteiger partial charge is 0.326 e. The predicted molar refractivity (Wildman–Crippen MR) is 149 cm³/mol. The van der Waals surface area contributed by atoms with Crippen LogP contribution >= 0.6 is 7.14 Å². The summed E-state index contributed by atoms with van der Waals surface area (Å²) in [6, 6.07) is 13.2. The van der Waals surface area contributed by atoms with Gasteiger partial charge in [0.1, 0.15) is 19.0 Å². The van der Waals surface area contributed by atoms with Gasteiger partial charge in [0.15, 0.2) is 0 Å². The first kappa shape index (κ1) is 29.3. The van der Waals surface area contributed by atoms with Crippen LogP contribution in [0, 0.1) is 5.82 Å². The Morgan fingerprint density at radius 2 is 1.75 bits per heavy atom. The summed E-state index contributed by atoms with van der Waals surface area (Å²) in [5.41, 5.74) is 1.73. The molecule has 3 aromatic carbocycles. The third-order valence-electron chi connectivity index (χ3n) is 6.79. The quantitative estimate of drug-likeness (QED) is 0.250. The first-order valence-electron chi connectivity index (χ1n) is 12.7. The van der Waals surface area contributed by atoms with Crippen LogP contribution in [0.4, 0.5) is 33.7 Å². The number of nitrogens with one attached hydrogen (secondary N) is 2. The number of amides is 3. The zero-order valence-corrected chi connectivity index (χ0v) is 23.4. The minimum Gasteiger partial charge on any atom is -0.326 e. The van der Waals surface area contributed by atoms with Gasteiger partial charge in [-0.25, -0.2) is 9.18 Å². The number of halogens is 4. The molecule has 11 heteroatoms. The van der Waals surface area contributed by atoms with Crippen molar-refractivity contribution in [2.45, 2.75) is 38.4 Å². The molecule has 6 nitrogen and oxygen atoms in total. The van der Waals surface area contributed by atoms with Crippen LogP contribution in [0.2, 0.25) is 0 Å². The highest BCUT2D eigenvalue weighted by Crippen LogP contribution is 2.41. The van der Waals surface area contributed by atoms with E-state index in [9.17, 15) is 31.7 Å². The van der Waals surface area contributed by atoms with Gasteiger partial charge in [-0.1, -0.05) is 44.2 Å². The van der Waals surface area contributed by atoms with E-state index in [4.69, 9.17) is 0 Å². The number of carbonyl (C=O) groups is 2. The van der Waals surface area contributed by atoms with E-state index in [2.05, 4.69) is 10.6 Å². The molecule has 3 aromatic rings. The lowest BCUT2D eigenvalue weighted by molar-refractivity contribution is -0.137. The first-order valence-corrected chi connectivity index (χ1v) is 15.3. The molecule has 0 radical (unpaired) electrons. The van der Waals surface area contributed by atoms with Gasteiger partial charge in [-0.05, 0) is 72.7 Å². The highest BCUT2D eigenvalue weighted by atomic mass is 31.2. The Hall–Kier alpha value is -3.65. The highest BCUT2D eigenvalue weighted by molar-refractivity contribution is 7.70. The molecule has 0 spiro atoms. The normalized spacial score (nSPS) is 16.0. The summed E-state index contributed by atoms with van der Waals surface area (Å²) in [6.45, 7) is 7.78. The molecule has 0 unspecified atom stereocenters. The third-order valence-corrected chi connectivity index (χ3v) is 8.34. The fourth-order valence-corrected chi connectivity index (χ4v) is 6.01. The summed E-state index contributed by atoms with van der Waals surface area (Å²) < 4.78 is 65.4. The molecule has 0 saturated carbocycles. The van der Waals surface area contributed by atoms with E-state index in [1.54, 1.807) is 18.2 Å². The fraction of sp³-hybridized carbons (Fsp3) is 0.310. The molecule has 0 bridgehead atoms. The van der Waals surface area contributed by atoms with Crippen LogP contribution in [0.3, 0.4) is 0 Å². The van der Waals surface area contributed by atoms with E-state index in [0.717, 1.165) is 28.1 Å². The largest absolute Gasteiger partial charge is 0.416 e. The molecular weight excluding hydrogens is 545 g/mol. The van der Waals surface area contributed by atoms with E-state index >= 15 is 0 Å². The zero-order valence-electron chi connectivity index (χ0n) is 22.5. The van der Waals surface area contributed by atoms with Gasteiger partial charge in [-0.2, -0.15) is 13.2 Å². The summed E-state index contributed by atoms with van der Waals surface area (Å²) in [7, 11) is -2.55. The second-order valence-corrected chi connectivity index (χ2v) is 13.6. The lowest BCUT2D eigenvalue weighted by Gasteiger charge is -2.24. The molecule has 1 aliphatic rings. The van der Waals surface area contributed by atoms with Crippen LogP contribution in [0.5, 0.6) is 0 Å². The summed E-state index contributed by atoms with van der Waals surface area (Å²) >= 11 is 0. The summed E-state index contributed by atoms with van der Waals surface area (Å²) in [6.07, 6.45) is -4.43. The van der Waals surface area contributed by atoms with Crippen LogP contribution in [0.15, 0.2) is 60.7 Å². The van der Waals surface area contributed by atoms with Crippen molar-refractivity contribution in [3.05, 3.63) is 77.6 Å². The second kappa shape index (κ2) is 11.1. The van der Waals surface area contributed by atoms with Crippen molar-refractivity contribution in [1.29, 1.82) is 0 Å². The van der Waals surface area contributed by atoms with Gasteiger partial charge in [0, 0.05) is 17.5 Å². The van der Waals surface area contributed by atoms with Crippen molar-refractivity contribution < 1.29 is 31.7 Å². The number of urea groups is 1. The van der Waals surface area contributed by atoms with Gasteiger partial charge in [0.05, 0.1) is 11.3 Å². The molecule has 3 amide bonds. The Kier molecular flexibility index (Phi) is 8.13. The minimum atomic E-state index is -4.72. The van der Waals surface area contributed by atoms with E-state index in [1.165, 1.54) is 0 Å². The summed E-state index contributed by atoms with van der Waals surface area (Å²) in [4.78, 5) is 27.3. The van der Waals surface area contributed by atoms with Crippen molar-refractivity contribution in [2.75, 3.05) is 30.1 Å². The molecule has 1 atom stereocenters. The highest BCUT2D eigenvalue weighted by Gasteiger charge is 2.35. The van der Waals surface area contributed by atoms with Crippen molar-refractivity contribution in [3.63, 3.8) is 0 Å². The number of hydrogen-bond donors (Lipinski definition) is 2. The number of hydrogen-bond acceptors (Lipinski definition) is 3. The van der Waals surface area contributed by atoms with Gasteiger partial charge in [-0.15, -0.1) is 0 Å². The van der Waals surface area contributed by atoms with E-state index in [-0.39, 0.29) is 11.8 Å². The molecule has 0 aliphatic carbocycles. The number of carbonyl (C=O) groups excluding carboxylic acids is 2. The topological polar surface area (TPSA) is 78.5 Å². The van der Waals surface area contributed by atoms with Gasteiger partial charge in [-0.3, -0.25) is 4.79 Å². The number of benzene rings is 3. The number of anilines is 2. The van der Waals surface area contributed by atoms with Gasteiger partial charge in [0.25, 0.3) is 0 Å². The lowest BCUT2D eigenvalue weighted by atomic mass is 9.95. The Labute approximate surface area is 230 Å². The molecule has 1 aliphatic heterocycles. The number of nitrogens with zero attached hydrogens (tertiary/aromatic N) is 1. The van der Waals surface area contributed by atoms with Gasteiger partial charge >= 0.3 is 12.2 Å². The summed E-state index contributed by atoms with van der Waals surface area (Å²) in [5, 5.41) is 5.45. The minimum absolute atomic E-state index is 0.0444. The molecule has 4 rings (SSSR count). The monoisotopic (exact) mass is 575 g/mol. The first-order chi connectivity index (χ1) is 18.7. The Morgan fingerprint density at radius 1 is 1.05 bits per heavy atom. The molecule has 0 aromatic heterocycles. The van der Waals surface area contributed by atoms with Crippen LogP contribution in [-0.2, 0) is 15.5 Å². The van der Waals surface area contributed by atoms with Crippen LogP contribution in [-0.4, -0.2) is 37.9 Å². The molecule has 212 valence electrons. The fourth-order valence-electron chi connectivity index (χ4n) is 4.78. The molecule has 1 heterocycles. The summed E-state index contributed by atoms with van der Waals surface area (Å²) in [5.74, 6) is -1.55. The second-order valence-electron chi connectivity index (χ2n) is 10.4. The lowest BCUT2D eigenvalue weighted by Crippen LogP contribution is -2.43. The Balaban J connectivity index is 1.52. The zero-order chi connectivity index (χ0) is 29.4. The van der Waals surface area contributed by atoms with E-state index in [1.807, 2.05) is 56.3 Å². The molecule has 2 N–H and O–H groups in total. The van der Waals surface area contributed by atoms with Crippen LogP contribution in [0.25, 0.3) is 11.1 Å². The van der Waals surface area contributed by atoms with Crippen molar-refractivity contribution >= 4 is 35.8 Å². The van der Waals surface area contributed by atoms with E-state index in [0.29, 0.717) is 30.8 Å². The van der Waals surface area contributed by atoms with E-state index < -0.39 is 42.5 Å². The average Bonchev–Trinajstić information content (AvgIpc) is 3.23. The average molecular weight is 576 g/mol. The van der Waals surface area contributed by atoms with Crippen LogP contribution < -0.4 is 20.8 Å². The third kappa shape index (κ3) is 6.22. The van der Waals surface area contributed by atoms with Crippen LogP contribution in [0.1, 0.15) is 37.3 Å². The Morgan fingerprint density at radius 3 is 2.38 bits per heavy atom. The molecular formula is C29H30F4N3O3P.